The minimum Gasteiger partial charge on any atom is -0.495 e. The van der Waals surface area contributed by atoms with Crippen molar-refractivity contribution in [2.24, 2.45) is 4.99 Å². The number of ether oxygens (including phenoxy) is 1. The number of guanidine groups is 1. The molecule has 1 atom stereocenters. The summed E-state index contributed by atoms with van der Waals surface area (Å²) in [5, 5.41) is 11.9. The van der Waals surface area contributed by atoms with E-state index in [0.717, 1.165) is 60.6 Å². The molecule has 1 aliphatic heterocycles. The SMILES string of the molecule is CCNC(=NCCn1cc(C)cn1)NC1CCN(c2cc(Cl)ccc2OC)C1.I. The van der Waals surface area contributed by atoms with Gasteiger partial charge < -0.3 is 20.3 Å². The van der Waals surface area contributed by atoms with Crippen molar-refractivity contribution in [3.8, 4) is 5.75 Å². The number of rotatable bonds is 7. The van der Waals surface area contributed by atoms with Crippen LogP contribution in [0.2, 0.25) is 5.02 Å². The number of aliphatic imine (C=N–C) groups is 1. The van der Waals surface area contributed by atoms with Crippen molar-refractivity contribution in [2.75, 3.05) is 38.2 Å². The number of benzene rings is 1. The molecule has 1 saturated heterocycles. The van der Waals surface area contributed by atoms with Crippen molar-refractivity contribution in [3.63, 3.8) is 0 Å². The van der Waals surface area contributed by atoms with Crippen LogP contribution in [0.25, 0.3) is 0 Å². The Kier molecular flexibility index (Phi) is 9.35. The van der Waals surface area contributed by atoms with Crippen LogP contribution < -0.4 is 20.3 Å². The van der Waals surface area contributed by atoms with Gasteiger partial charge in [0.2, 0.25) is 0 Å². The number of methoxy groups -OCH3 is 1. The second-order valence-corrected chi connectivity index (χ2v) is 7.37. The highest BCUT2D eigenvalue weighted by atomic mass is 127. The lowest BCUT2D eigenvalue weighted by Crippen LogP contribution is -2.44. The molecule has 1 unspecified atom stereocenters. The lowest BCUT2D eigenvalue weighted by molar-refractivity contribution is 0.415. The van der Waals surface area contributed by atoms with Gasteiger partial charge in [0.1, 0.15) is 5.75 Å². The first kappa shape index (κ1) is 23.6. The smallest absolute Gasteiger partial charge is 0.191 e. The number of hydrogen-bond donors (Lipinski definition) is 2. The largest absolute Gasteiger partial charge is 0.495 e. The Labute approximate surface area is 194 Å². The van der Waals surface area contributed by atoms with Gasteiger partial charge in [0.25, 0.3) is 0 Å². The van der Waals surface area contributed by atoms with Crippen molar-refractivity contribution in [3.05, 3.63) is 41.2 Å². The van der Waals surface area contributed by atoms with Gasteiger partial charge in [-0.3, -0.25) is 9.67 Å². The zero-order valence-electron chi connectivity index (χ0n) is 17.2. The predicted octanol–water partition coefficient (Wildman–Crippen LogP) is 3.31. The standard InChI is InChI=1S/C20H29ClN6O.HI/c1-4-22-20(23-8-10-27-13-15(2)12-24-27)25-17-7-9-26(14-17)18-11-16(21)5-6-19(18)28-3;/h5-6,11-13,17H,4,7-10,14H2,1-3H3,(H2,22,23,25);1H. The highest BCUT2D eigenvalue weighted by molar-refractivity contribution is 14.0. The molecule has 9 heteroatoms. The van der Waals surface area contributed by atoms with Gasteiger partial charge in [0.15, 0.2) is 5.96 Å². The molecule has 7 nitrogen and oxygen atoms in total. The quantitative estimate of drug-likeness (QED) is 0.325. The summed E-state index contributed by atoms with van der Waals surface area (Å²) in [5.41, 5.74) is 2.20. The number of anilines is 1. The van der Waals surface area contributed by atoms with Crippen LogP contribution in [-0.4, -0.2) is 55.1 Å². The highest BCUT2D eigenvalue weighted by Crippen LogP contribution is 2.33. The zero-order chi connectivity index (χ0) is 19.9. The fourth-order valence-corrected chi connectivity index (χ4v) is 3.54. The van der Waals surface area contributed by atoms with E-state index in [2.05, 4.69) is 27.6 Å². The Morgan fingerprint density at radius 3 is 2.93 bits per heavy atom. The number of nitrogens with zero attached hydrogens (tertiary/aromatic N) is 4. The van der Waals surface area contributed by atoms with Crippen molar-refractivity contribution >= 4 is 47.2 Å². The van der Waals surface area contributed by atoms with E-state index in [1.807, 2.05) is 42.2 Å². The topological polar surface area (TPSA) is 66.7 Å². The summed E-state index contributed by atoms with van der Waals surface area (Å²) >= 11 is 6.19. The monoisotopic (exact) mass is 532 g/mol. The maximum atomic E-state index is 6.19. The van der Waals surface area contributed by atoms with Crippen molar-refractivity contribution in [2.45, 2.75) is 32.9 Å². The van der Waals surface area contributed by atoms with Crippen LogP contribution in [0, 0.1) is 6.92 Å². The average Bonchev–Trinajstić information content (AvgIpc) is 3.31. The van der Waals surface area contributed by atoms with Crippen molar-refractivity contribution in [1.29, 1.82) is 0 Å². The van der Waals surface area contributed by atoms with Gasteiger partial charge in [-0.1, -0.05) is 11.6 Å². The molecule has 3 rings (SSSR count). The van der Waals surface area contributed by atoms with E-state index in [-0.39, 0.29) is 24.0 Å². The van der Waals surface area contributed by atoms with E-state index in [1.165, 1.54) is 0 Å². The number of aryl methyl sites for hydroxylation is 1. The number of hydrogen-bond acceptors (Lipinski definition) is 4. The first-order chi connectivity index (χ1) is 13.6. The lowest BCUT2D eigenvalue weighted by atomic mass is 10.2. The van der Waals surface area contributed by atoms with Gasteiger partial charge in [-0.2, -0.15) is 5.10 Å². The van der Waals surface area contributed by atoms with Crippen LogP contribution in [0.4, 0.5) is 5.69 Å². The maximum Gasteiger partial charge on any atom is 0.191 e. The van der Waals surface area contributed by atoms with E-state index >= 15 is 0 Å². The molecule has 0 radical (unpaired) electrons. The molecule has 0 aliphatic carbocycles. The Morgan fingerprint density at radius 1 is 1.41 bits per heavy atom. The van der Waals surface area contributed by atoms with Crippen molar-refractivity contribution in [1.82, 2.24) is 20.4 Å². The van der Waals surface area contributed by atoms with E-state index < -0.39 is 0 Å². The minimum atomic E-state index is 0. The molecule has 2 N–H and O–H groups in total. The molecule has 0 bridgehead atoms. The summed E-state index contributed by atoms with van der Waals surface area (Å²) in [6, 6.07) is 6.05. The normalized spacial score (nSPS) is 16.5. The summed E-state index contributed by atoms with van der Waals surface area (Å²) in [6.07, 6.45) is 4.92. The molecule has 1 aromatic heterocycles. The minimum absolute atomic E-state index is 0. The van der Waals surface area contributed by atoms with Gasteiger partial charge >= 0.3 is 0 Å². The highest BCUT2D eigenvalue weighted by Gasteiger charge is 2.25. The summed E-state index contributed by atoms with van der Waals surface area (Å²) in [7, 11) is 1.69. The fraction of sp³-hybridized carbons (Fsp3) is 0.500. The van der Waals surface area contributed by atoms with Crippen LogP contribution >= 0.6 is 35.6 Å². The van der Waals surface area contributed by atoms with E-state index in [0.29, 0.717) is 12.6 Å². The third-order valence-electron chi connectivity index (χ3n) is 4.72. The molecule has 160 valence electrons. The number of halogens is 2. The summed E-state index contributed by atoms with van der Waals surface area (Å²) in [4.78, 5) is 7.00. The van der Waals surface area contributed by atoms with E-state index in [1.54, 1.807) is 7.11 Å². The Hall–Kier alpha value is -1.68. The first-order valence-corrected chi connectivity index (χ1v) is 10.1. The first-order valence-electron chi connectivity index (χ1n) is 9.71. The van der Waals surface area contributed by atoms with Gasteiger partial charge in [-0.15, -0.1) is 24.0 Å². The summed E-state index contributed by atoms with van der Waals surface area (Å²) < 4.78 is 7.42. The van der Waals surface area contributed by atoms with Crippen LogP contribution in [-0.2, 0) is 6.54 Å². The molecule has 0 spiro atoms. The Morgan fingerprint density at radius 2 is 2.24 bits per heavy atom. The molecular formula is C20H30ClIN6O. The zero-order valence-corrected chi connectivity index (χ0v) is 20.3. The number of nitrogens with one attached hydrogen (secondary N) is 2. The Bertz CT molecular complexity index is 812. The van der Waals surface area contributed by atoms with Crippen LogP contribution in [0.1, 0.15) is 18.9 Å². The third kappa shape index (κ3) is 6.67. The fourth-order valence-electron chi connectivity index (χ4n) is 3.37. The van der Waals surface area contributed by atoms with Crippen LogP contribution in [0.5, 0.6) is 5.75 Å². The van der Waals surface area contributed by atoms with Crippen LogP contribution in [0.3, 0.4) is 0 Å². The van der Waals surface area contributed by atoms with Gasteiger partial charge in [0, 0.05) is 36.9 Å². The summed E-state index contributed by atoms with van der Waals surface area (Å²) in [5.74, 6) is 1.69. The Balaban J connectivity index is 0.00000300. The molecular weight excluding hydrogens is 503 g/mol. The predicted molar refractivity (Wildman–Crippen MR) is 130 cm³/mol. The van der Waals surface area contributed by atoms with Gasteiger partial charge in [-0.25, -0.2) is 0 Å². The molecule has 0 saturated carbocycles. The van der Waals surface area contributed by atoms with E-state index in [4.69, 9.17) is 21.3 Å². The van der Waals surface area contributed by atoms with Crippen LogP contribution in [0.15, 0.2) is 35.6 Å². The van der Waals surface area contributed by atoms with Crippen molar-refractivity contribution < 1.29 is 4.74 Å². The molecule has 2 aromatic rings. The van der Waals surface area contributed by atoms with E-state index in [9.17, 15) is 0 Å². The average molecular weight is 533 g/mol. The van der Waals surface area contributed by atoms with Gasteiger partial charge in [-0.05, 0) is 44.0 Å². The molecule has 1 aliphatic rings. The molecule has 1 aromatic carbocycles. The summed E-state index contributed by atoms with van der Waals surface area (Å²) in [6.45, 7) is 8.20. The second kappa shape index (κ2) is 11.5. The van der Waals surface area contributed by atoms with Gasteiger partial charge in [0.05, 0.1) is 32.1 Å². The molecule has 29 heavy (non-hydrogen) atoms. The third-order valence-corrected chi connectivity index (χ3v) is 4.95. The molecule has 0 amide bonds. The molecule has 2 heterocycles. The molecule has 1 fully saturated rings. The second-order valence-electron chi connectivity index (χ2n) is 6.93. The number of aromatic nitrogens is 2. The lowest BCUT2D eigenvalue weighted by Gasteiger charge is -2.22. The maximum absolute atomic E-state index is 6.19.